The van der Waals surface area contributed by atoms with Crippen LogP contribution in [0.15, 0.2) is 0 Å². The number of urea groups is 1. The fourth-order valence-corrected chi connectivity index (χ4v) is 2.57. The topological polar surface area (TPSA) is 72.9 Å². The summed E-state index contributed by atoms with van der Waals surface area (Å²) in [7, 11) is 0. The summed E-state index contributed by atoms with van der Waals surface area (Å²) in [5.74, 6) is -1.21. The SMILES string of the molecule is O=C(O)[C@@H]1CCCN(C(=O)NN2CCCCC2)C1. The Morgan fingerprint density at radius 1 is 1.06 bits per heavy atom. The van der Waals surface area contributed by atoms with E-state index in [1.165, 1.54) is 6.42 Å². The van der Waals surface area contributed by atoms with E-state index in [4.69, 9.17) is 5.11 Å². The quantitative estimate of drug-likeness (QED) is 0.768. The van der Waals surface area contributed by atoms with Gasteiger partial charge < -0.3 is 10.0 Å². The number of aliphatic carboxylic acids is 1. The van der Waals surface area contributed by atoms with E-state index in [1.807, 2.05) is 5.01 Å². The molecule has 0 bridgehead atoms. The van der Waals surface area contributed by atoms with Crippen molar-refractivity contribution in [2.24, 2.45) is 5.92 Å². The Morgan fingerprint density at radius 3 is 2.44 bits per heavy atom. The fraction of sp³-hybridized carbons (Fsp3) is 0.833. The van der Waals surface area contributed by atoms with Gasteiger partial charge in [-0.05, 0) is 25.7 Å². The molecular formula is C12H21N3O3. The van der Waals surface area contributed by atoms with Gasteiger partial charge in [-0.2, -0.15) is 0 Å². The lowest BCUT2D eigenvalue weighted by molar-refractivity contribution is -0.143. The van der Waals surface area contributed by atoms with E-state index in [0.29, 0.717) is 19.5 Å². The van der Waals surface area contributed by atoms with Gasteiger partial charge in [-0.25, -0.2) is 9.80 Å². The molecule has 0 spiro atoms. The molecule has 0 unspecified atom stereocenters. The van der Waals surface area contributed by atoms with Crippen LogP contribution in [0.1, 0.15) is 32.1 Å². The van der Waals surface area contributed by atoms with Gasteiger partial charge >= 0.3 is 12.0 Å². The van der Waals surface area contributed by atoms with Gasteiger partial charge in [-0.1, -0.05) is 6.42 Å². The molecule has 2 fully saturated rings. The largest absolute Gasteiger partial charge is 0.481 e. The van der Waals surface area contributed by atoms with Gasteiger partial charge in [-0.3, -0.25) is 10.2 Å². The Morgan fingerprint density at radius 2 is 1.78 bits per heavy atom. The average molecular weight is 255 g/mol. The predicted molar refractivity (Wildman–Crippen MR) is 65.9 cm³/mol. The van der Waals surface area contributed by atoms with Crippen molar-refractivity contribution in [3.63, 3.8) is 0 Å². The number of carboxylic acid groups (broad SMARTS) is 1. The number of carboxylic acids is 1. The molecule has 0 aromatic rings. The van der Waals surface area contributed by atoms with Gasteiger partial charge in [0.15, 0.2) is 0 Å². The van der Waals surface area contributed by atoms with Crippen molar-refractivity contribution in [2.45, 2.75) is 32.1 Å². The number of piperidine rings is 2. The molecule has 0 aliphatic carbocycles. The summed E-state index contributed by atoms with van der Waals surface area (Å²) >= 11 is 0. The molecule has 0 aromatic carbocycles. The van der Waals surface area contributed by atoms with Crippen LogP contribution in [0.3, 0.4) is 0 Å². The zero-order valence-electron chi connectivity index (χ0n) is 10.6. The molecule has 2 aliphatic rings. The lowest BCUT2D eigenvalue weighted by atomic mass is 9.99. The number of amides is 2. The first-order chi connectivity index (χ1) is 8.66. The number of nitrogens with zero attached hydrogens (tertiary/aromatic N) is 2. The van der Waals surface area contributed by atoms with Crippen molar-refractivity contribution in [1.29, 1.82) is 0 Å². The van der Waals surface area contributed by atoms with E-state index >= 15 is 0 Å². The molecule has 2 heterocycles. The number of hydrogen-bond donors (Lipinski definition) is 2. The highest BCUT2D eigenvalue weighted by molar-refractivity contribution is 5.76. The summed E-state index contributed by atoms with van der Waals surface area (Å²) in [4.78, 5) is 24.6. The number of rotatable bonds is 2. The number of carbonyl (C=O) groups is 2. The average Bonchev–Trinajstić information content (AvgIpc) is 2.40. The number of likely N-dealkylation sites (tertiary alicyclic amines) is 1. The van der Waals surface area contributed by atoms with E-state index in [0.717, 1.165) is 32.4 Å². The molecule has 102 valence electrons. The molecule has 1 atom stereocenters. The van der Waals surface area contributed by atoms with E-state index < -0.39 is 11.9 Å². The van der Waals surface area contributed by atoms with Crippen molar-refractivity contribution in [2.75, 3.05) is 26.2 Å². The maximum atomic E-state index is 12.0. The number of nitrogens with one attached hydrogen (secondary N) is 1. The molecule has 0 saturated carbocycles. The monoisotopic (exact) mass is 255 g/mol. The summed E-state index contributed by atoms with van der Waals surface area (Å²) in [6.45, 7) is 2.77. The molecule has 0 radical (unpaired) electrons. The molecule has 6 heteroatoms. The molecule has 2 N–H and O–H groups in total. The zero-order valence-corrected chi connectivity index (χ0v) is 10.6. The van der Waals surface area contributed by atoms with Crippen molar-refractivity contribution in [3.8, 4) is 0 Å². The first-order valence-corrected chi connectivity index (χ1v) is 6.70. The fourth-order valence-electron chi connectivity index (χ4n) is 2.57. The number of hydrogen-bond acceptors (Lipinski definition) is 3. The van der Waals surface area contributed by atoms with E-state index in [2.05, 4.69) is 5.43 Å². The minimum Gasteiger partial charge on any atom is -0.481 e. The minimum atomic E-state index is -0.800. The van der Waals surface area contributed by atoms with Crippen LogP contribution in [-0.4, -0.2) is 53.2 Å². The second-order valence-electron chi connectivity index (χ2n) is 5.09. The third-order valence-electron chi connectivity index (χ3n) is 3.67. The summed E-state index contributed by atoms with van der Waals surface area (Å²) in [5.41, 5.74) is 2.88. The summed E-state index contributed by atoms with van der Waals surface area (Å²) in [6.07, 6.45) is 4.88. The van der Waals surface area contributed by atoms with Gasteiger partial charge in [0.2, 0.25) is 0 Å². The maximum Gasteiger partial charge on any atom is 0.331 e. The van der Waals surface area contributed by atoms with Gasteiger partial charge in [0.05, 0.1) is 5.92 Å². The molecule has 2 aliphatic heterocycles. The van der Waals surface area contributed by atoms with Crippen LogP contribution in [0.25, 0.3) is 0 Å². The van der Waals surface area contributed by atoms with Crippen molar-refractivity contribution in [3.05, 3.63) is 0 Å². The summed E-state index contributed by atoms with van der Waals surface area (Å²) in [5, 5.41) is 10.9. The van der Waals surface area contributed by atoms with Crippen LogP contribution in [0, 0.1) is 5.92 Å². The molecule has 2 saturated heterocycles. The molecular weight excluding hydrogens is 234 g/mol. The second-order valence-corrected chi connectivity index (χ2v) is 5.09. The lowest BCUT2D eigenvalue weighted by Crippen LogP contribution is -2.53. The maximum absolute atomic E-state index is 12.0. The third-order valence-corrected chi connectivity index (χ3v) is 3.67. The van der Waals surface area contributed by atoms with Crippen LogP contribution in [0.5, 0.6) is 0 Å². The highest BCUT2D eigenvalue weighted by Gasteiger charge is 2.28. The standard InChI is InChI=1S/C12H21N3O3/c16-11(17)10-5-4-6-14(9-10)12(18)13-15-7-2-1-3-8-15/h10H,1-9H2,(H,13,18)(H,16,17)/t10-/m1/s1. The highest BCUT2D eigenvalue weighted by Crippen LogP contribution is 2.17. The van der Waals surface area contributed by atoms with Crippen molar-refractivity contribution < 1.29 is 14.7 Å². The lowest BCUT2D eigenvalue weighted by Gasteiger charge is -2.34. The third kappa shape index (κ3) is 3.35. The molecule has 18 heavy (non-hydrogen) atoms. The van der Waals surface area contributed by atoms with Gasteiger partial charge in [0, 0.05) is 26.2 Å². The van der Waals surface area contributed by atoms with Crippen LogP contribution in [0.4, 0.5) is 4.79 Å². The van der Waals surface area contributed by atoms with Crippen LogP contribution >= 0.6 is 0 Å². The zero-order chi connectivity index (χ0) is 13.0. The van der Waals surface area contributed by atoms with E-state index in [9.17, 15) is 9.59 Å². The van der Waals surface area contributed by atoms with E-state index in [-0.39, 0.29) is 6.03 Å². The molecule has 2 rings (SSSR count). The van der Waals surface area contributed by atoms with Gasteiger partial charge in [0.25, 0.3) is 0 Å². The van der Waals surface area contributed by atoms with Crippen molar-refractivity contribution >= 4 is 12.0 Å². The van der Waals surface area contributed by atoms with Crippen molar-refractivity contribution in [1.82, 2.24) is 15.3 Å². The Hall–Kier alpha value is -1.30. The number of hydrazine groups is 1. The van der Waals surface area contributed by atoms with Crippen LogP contribution < -0.4 is 5.43 Å². The molecule has 6 nitrogen and oxygen atoms in total. The summed E-state index contributed by atoms with van der Waals surface area (Å²) < 4.78 is 0. The highest BCUT2D eigenvalue weighted by atomic mass is 16.4. The molecule has 2 amide bonds. The normalized spacial score (nSPS) is 25.8. The van der Waals surface area contributed by atoms with Gasteiger partial charge in [0.1, 0.15) is 0 Å². The first kappa shape index (κ1) is 13.1. The predicted octanol–water partition coefficient (Wildman–Crippen LogP) is 0.893. The number of carbonyl (C=O) groups excluding carboxylic acids is 1. The van der Waals surface area contributed by atoms with Gasteiger partial charge in [-0.15, -0.1) is 0 Å². The second kappa shape index (κ2) is 6.04. The van der Waals surface area contributed by atoms with Crippen LogP contribution in [-0.2, 0) is 4.79 Å². The Kier molecular flexibility index (Phi) is 4.41. The molecule has 0 aromatic heterocycles. The van der Waals surface area contributed by atoms with E-state index in [1.54, 1.807) is 4.90 Å². The summed E-state index contributed by atoms with van der Waals surface area (Å²) in [6, 6.07) is -0.150. The Labute approximate surface area is 107 Å². The Bertz CT molecular complexity index is 316. The first-order valence-electron chi connectivity index (χ1n) is 6.70. The minimum absolute atomic E-state index is 0.150. The smallest absolute Gasteiger partial charge is 0.331 e. The Balaban J connectivity index is 1.82. The van der Waals surface area contributed by atoms with Crippen LogP contribution in [0.2, 0.25) is 0 Å².